The molecule has 0 bridgehead atoms. The summed E-state index contributed by atoms with van der Waals surface area (Å²) in [5.74, 6) is -1.79. The lowest BCUT2D eigenvalue weighted by Crippen LogP contribution is -2.50. The lowest BCUT2D eigenvalue weighted by molar-refractivity contribution is -0.134. The molecule has 8 heteroatoms. The van der Waals surface area contributed by atoms with Crippen molar-refractivity contribution in [3.05, 3.63) is 24.3 Å². The van der Waals surface area contributed by atoms with Crippen LogP contribution in [-0.2, 0) is 9.59 Å². The van der Waals surface area contributed by atoms with E-state index in [1.807, 2.05) is 9.80 Å². The largest absolute Gasteiger partial charge is 0.340 e. The van der Waals surface area contributed by atoms with E-state index in [1.54, 1.807) is 24.3 Å². The summed E-state index contributed by atoms with van der Waals surface area (Å²) in [5, 5.41) is 2.80. The second-order valence-corrected chi connectivity index (χ2v) is 8.88. The molecule has 1 N–H and O–H groups in total. The molecular formula is C21H29F2N3O2S. The van der Waals surface area contributed by atoms with E-state index in [1.165, 1.54) is 32.1 Å². The zero-order valence-corrected chi connectivity index (χ0v) is 17.4. The number of hydrogen-bond acceptors (Lipinski definition) is 4. The van der Waals surface area contributed by atoms with Crippen molar-refractivity contribution in [3.8, 4) is 0 Å². The van der Waals surface area contributed by atoms with Crippen molar-refractivity contribution < 1.29 is 18.4 Å². The average molecular weight is 426 g/mol. The SMILES string of the molecule is O=C(CN1CCN(C(=O)CC2CCCCC2)CC1)Nc1ccc(SC(F)F)cc1. The van der Waals surface area contributed by atoms with E-state index >= 15 is 0 Å². The zero-order chi connectivity index (χ0) is 20.6. The van der Waals surface area contributed by atoms with Crippen LogP contribution < -0.4 is 5.32 Å². The lowest BCUT2D eigenvalue weighted by Gasteiger charge is -2.35. The molecule has 2 amide bonds. The number of nitrogens with zero attached hydrogens (tertiary/aromatic N) is 2. The van der Waals surface area contributed by atoms with Crippen LogP contribution >= 0.6 is 11.8 Å². The quantitative estimate of drug-likeness (QED) is 0.670. The molecule has 2 fully saturated rings. The Bertz CT molecular complexity index is 673. The topological polar surface area (TPSA) is 52.7 Å². The molecule has 2 aliphatic rings. The van der Waals surface area contributed by atoms with E-state index in [4.69, 9.17) is 0 Å². The number of piperazine rings is 1. The Morgan fingerprint density at radius 1 is 1.03 bits per heavy atom. The number of anilines is 1. The van der Waals surface area contributed by atoms with Gasteiger partial charge in [-0.1, -0.05) is 31.0 Å². The first-order chi connectivity index (χ1) is 14.0. The molecule has 1 aromatic carbocycles. The summed E-state index contributed by atoms with van der Waals surface area (Å²) in [7, 11) is 0. The van der Waals surface area contributed by atoms with Crippen LogP contribution in [0.3, 0.4) is 0 Å². The molecule has 1 aromatic rings. The number of amides is 2. The lowest BCUT2D eigenvalue weighted by atomic mass is 9.86. The normalized spacial score (nSPS) is 18.8. The van der Waals surface area contributed by atoms with E-state index in [-0.39, 0.29) is 18.4 Å². The maximum atomic E-state index is 12.5. The summed E-state index contributed by atoms with van der Waals surface area (Å²) in [5.41, 5.74) is 0.593. The van der Waals surface area contributed by atoms with Crippen LogP contribution in [0, 0.1) is 5.92 Å². The number of thioether (sulfide) groups is 1. The highest BCUT2D eigenvalue weighted by Crippen LogP contribution is 2.27. The second-order valence-electron chi connectivity index (χ2n) is 7.82. The standard InChI is InChI=1S/C21H29F2N3O2S/c22-21(23)29-18-8-6-17(7-9-18)24-19(27)15-25-10-12-26(13-11-25)20(28)14-16-4-2-1-3-5-16/h6-9,16,21H,1-5,10-15H2,(H,24,27). The van der Waals surface area contributed by atoms with Crippen LogP contribution in [0.25, 0.3) is 0 Å². The Morgan fingerprint density at radius 2 is 1.69 bits per heavy atom. The van der Waals surface area contributed by atoms with Crippen molar-refractivity contribution in [2.24, 2.45) is 5.92 Å². The molecule has 3 rings (SSSR count). The van der Waals surface area contributed by atoms with Crippen molar-refractivity contribution in [3.63, 3.8) is 0 Å². The fourth-order valence-electron chi connectivity index (χ4n) is 4.05. The van der Waals surface area contributed by atoms with Gasteiger partial charge in [0, 0.05) is 43.2 Å². The molecule has 160 valence electrons. The number of alkyl halides is 2. The van der Waals surface area contributed by atoms with Gasteiger partial charge in [0.15, 0.2) is 0 Å². The first-order valence-corrected chi connectivity index (χ1v) is 11.2. The van der Waals surface area contributed by atoms with E-state index < -0.39 is 5.76 Å². The maximum absolute atomic E-state index is 12.5. The predicted octanol–water partition coefficient (Wildman–Crippen LogP) is 4.05. The van der Waals surface area contributed by atoms with Gasteiger partial charge < -0.3 is 10.2 Å². The van der Waals surface area contributed by atoms with Crippen LogP contribution in [-0.4, -0.2) is 60.1 Å². The molecule has 0 radical (unpaired) electrons. The molecule has 0 unspecified atom stereocenters. The summed E-state index contributed by atoms with van der Waals surface area (Å²) in [4.78, 5) is 29.2. The van der Waals surface area contributed by atoms with Crippen LogP contribution in [0.4, 0.5) is 14.5 Å². The number of rotatable bonds is 7. The van der Waals surface area contributed by atoms with E-state index in [2.05, 4.69) is 5.32 Å². The summed E-state index contributed by atoms with van der Waals surface area (Å²) in [6, 6.07) is 6.40. The Morgan fingerprint density at radius 3 is 2.31 bits per heavy atom. The Labute approximate surface area is 175 Å². The highest BCUT2D eigenvalue weighted by atomic mass is 32.2. The number of nitrogens with one attached hydrogen (secondary N) is 1. The van der Waals surface area contributed by atoms with Gasteiger partial charge in [0.2, 0.25) is 11.8 Å². The summed E-state index contributed by atoms with van der Waals surface area (Å²) in [6.45, 7) is 2.97. The Balaban J connectivity index is 1.37. The highest BCUT2D eigenvalue weighted by molar-refractivity contribution is 7.99. The average Bonchev–Trinajstić information content (AvgIpc) is 2.70. The second kappa shape index (κ2) is 10.9. The third-order valence-corrected chi connectivity index (χ3v) is 6.37. The fourth-order valence-corrected chi connectivity index (χ4v) is 4.54. The van der Waals surface area contributed by atoms with E-state index in [9.17, 15) is 18.4 Å². The molecule has 1 saturated heterocycles. The van der Waals surface area contributed by atoms with Gasteiger partial charge in [0.05, 0.1) is 6.54 Å². The minimum Gasteiger partial charge on any atom is -0.340 e. The van der Waals surface area contributed by atoms with Gasteiger partial charge in [-0.05, 0) is 43.0 Å². The van der Waals surface area contributed by atoms with E-state index in [0.717, 1.165) is 0 Å². The molecule has 0 atom stereocenters. The smallest absolute Gasteiger partial charge is 0.288 e. The number of benzene rings is 1. The van der Waals surface area contributed by atoms with Crippen LogP contribution in [0.5, 0.6) is 0 Å². The van der Waals surface area contributed by atoms with Gasteiger partial charge in [-0.2, -0.15) is 8.78 Å². The number of halogens is 2. The van der Waals surface area contributed by atoms with E-state index in [0.29, 0.717) is 60.9 Å². The first-order valence-electron chi connectivity index (χ1n) is 10.3. The van der Waals surface area contributed by atoms with Crippen LogP contribution in [0.15, 0.2) is 29.2 Å². The van der Waals surface area contributed by atoms with Gasteiger partial charge in [-0.25, -0.2) is 0 Å². The van der Waals surface area contributed by atoms with Gasteiger partial charge in [-0.15, -0.1) is 0 Å². The summed E-state index contributed by atoms with van der Waals surface area (Å²) < 4.78 is 24.7. The molecular weight excluding hydrogens is 396 g/mol. The number of hydrogen-bond donors (Lipinski definition) is 1. The van der Waals surface area contributed by atoms with Crippen LogP contribution in [0.2, 0.25) is 0 Å². The van der Waals surface area contributed by atoms with Gasteiger partial charge in [-0.3, -0.25) is 14.5 Å². The molecule has 5 nitrogen and oxygen atoms in total. The molecule has 1 saturated carbocycles. The van der Waals surface area contributed by atoms with Gasteiger partial charge in [0.1, 0.15) is 0 Å². The Hall–Kier alpha value is -1.67. The minimum absolute atomic E-state index is 0.138. The molecule has 1 aliphatic heterocycles. The fraction of sp³-hybridized carbons (Fsp3) is 0.619. The molecule has 0 aromatic heterocycles. The van der Waals surface area contributed by atoms with Crippen molar-refractivity contribution in [1.82, 2.24) is 9.80 Å². The number of carbonyl (C=O) groups excluding carboxylic acids is 2. The maximum Gasteiger partial charge on any atom is 0.288 e. The predicted molar refractivity (Wildman–Crippen MR) is 111 cm³/mol. The van der Waals surface area contributed by atoms with Crippen molar-refractivity contribution in [2.75, 3.05) is 38.0 Å². The third kappa shape index (κ3) is 7.26. The van der Waals surface area contributed by atoms with Crippen molar-refractivity contribution >= 4 is 29.3 Å². The minimum atomic E-state index is -2.45. The third-order valence-electron chi connectivity index (χ3n) is 5.64. The summed E-state index contributed by atoms with van der Waals surface area (Å²) >= 11 is 0.481. The highest BCUT2D eigenvalue weighted by Gasteiger charge is 2.25. The molecule has 1 heterocycles. The molecule has 0 spiro atoms. The number of carbonyl (C=O) groups is 2. The molecule has 1 aliphatic carbocycles. The van der Waals surface area contributed by atoms with Gasteiger partial charge >= 0.3 is 0 Å². The van der Waals surface area contributed by atoms with Crippen molar-refractivity contribution in [1.29, 1.82) is 0 Å². The first kappa shape index (κ1) is 22.0. The zero-order valence-electron chi connectivity index (χ0n) is 16.6. The molecule has 29 heavy (non-hydrogen) atoms. The van der Waals surface area contributed by atoms with Gasteiger partial charge in [0.25, 0.3) is 5.76 Å². The monoisotopic (exact) mass is 425 g/mol. The Kier molecular flexibility index (Phi) is 8.29. The van der Waals surface area contributed by atoms with Crippen LogP contribution in [0.1, 0.15) is 38.5 Å². The summed E-state index contributed by atoms with van der Waals surface area (Å²) in [6.07, 6.45) is 6.80. The van der Waals surface area contributed by atoms with Crippen molar-refractivity contribution in [2.45, 2.75) is 49.2 Å².